The highest BCUT2D eigenvalue weighted by molar-refractivity contribution is 6.09. The van der Waals surface area contributed by atoms with Gasteiger partial charge in [0, 0.05) is 23.6 Å². The van der Waals surface area contributed by atoms with E-state index in [0.29, 0.717) is 40.8 Å². The van der Waals surface area contributed by atoms with Crippen molar-refractivity contribution in [3.63, 3.8) is 0 Å². The highest BCUT2D eigenvalue weighted by Gasteiger charge is 2.21. The molecule has 0 spiro atoms. The molecule has 1 aliphatic rings. The van der Waals surface area contributed by atoms with Gasteiger partial charge in [0.15, 0.2) is 0 Å². The molecule has 5 rings (SSSR count). The van der Waals surface area contributed by atoms with E-state index in [1.54, 1.807) is 18.2 Å². The lowest BCUT2D eigenvalue weighted by Gasteiger charge is -2.27. The Balaban J connectivity index is 1.62. The standard InChI is InChI=1S/C30H27N3O3/c1-5-15-35-23-11-12-25-24(18-23)28(21-8-6-20(7-9-21)19(2)3)32-30(31-25)29(34)22-10-13-26-27(17-22)36-16-14-33(26)4/h1,6-13,17-19H,14-16H2,2-4H3. The van der Waals surface area contributed by atoms with Crippen LogP contribution >= 0.6 is 0 Å². The van der Waals surface area contributed by atoms with Gasteiger partial charge in [-0.25, -0.2) is 9.97 Å². The number of ether oxygens (including phenoxy) is 2. The van der Waals surface area contributed by atoms with Gasteiger partial charge in [0.05, 0.1) is 23.4 Å². The number of ketones is 1. The van der Waals surface area contributed by atoms with E-state index in [9.17, 15) is 4.79 Å². The number of hydrogen-bond donors (Lipinski definition) is 0. The second-order valence-electron chi connectivity index (χ2n) is 9.13. The molecule has 2 heterocycles. The van der Waals surface area contributed by atoms with Crippen molar-refractivity contribution in [3.8, 4) is 35.1 Å². The molecule has 1 aliphatic heterocycles. The maximum atomic E-state index is 13.6. The van der Waals surface area contributed by atoms with E-state index in [1.165, 1.54) is 5.56 Å². The number of terminal acetylenes is 1. The molecule has 0 N–H and O–H groups in total. The van der Waals surface area contributed by atoms with Crippen LogP contribution in [0.15, 0.2) is 60.7 Å². The summed E-state index contributed by atoms with van der Waals surface area (Å²) in [6.07, 6.45) is 5.36. The molecule has 3 aromatic carbocycles. The Hall–Kier alpha value is -4.37. The third kappa shape index (κ3) is 4.48. The Morgan fingerprint density at radius 1 is 1.11 bits per heavy atom. The molecule has 4 aromatic rings. The molecular formula is C30H27N3O3. The number of carbonyl (C=O) groups is 1. The molecule has 6 heteroatoms. The van der Waals surface area contributed by atoms with Gasteiger partial charge in [0.25, 0.3) is 0 Å². The minimum absolute atomic E-state index is 0.131. The van der Waals surface area contributed by atoms with Crippen LogP contribution in [-0.4, -0.2) is 42.6 Å². The van der Waals surface area contributed by atoms with Gasteiger partial charge in [-0.1, -0.05) is 44.0 Å². The summed E-state index contributed by atoms with van der Waals surface area (Å²) in [7, 11) is 2.01. The zero-order valence-corrected chi connectivity index (χ0v) is 20.6. The molecule has 1 aromatic heterocycles. The number of carbonyl (C=O) groups excluding carboxylic acids is 1. The molecular weight excluding hydrogens is 450 g/mol. The van der Waals surface area contributed by atoms with E-state index >= 15 is 0 Å². The monoisotopic (exact) mass is 477 g/mol. The molecule has 0 unspecified atom stereocenters. The number of benzene rings is 3. The number of rotatable bonds is 6. The number of hydrogen-bond acceptors (Lipinski definition) is 6. The van der Waals surface area contributed by atoms with Crippen LogP contribution in [0.4, 0.5) is 5.69 Å². The first-order valence-corrected chi connectivity index (χ1v) is 12.0. The van der Waals surface area contributed by atoms with Crippen molar-refractivity contribution in [3.05, 3.63) is 77.6 Å². The molecule has 180 valence electrons. The highest BCUT2D eigenvalue weighted by atomic mass is 16.5. The Morgan fingerprint density at radius 2 is 1.92 bits per heavy atom. The van der Waals surface area contributed by atoms with Crippen molar-refractivity contribution in [2.24, 2.45) is 0 Å². The predicted molar refractivity (Wildman–Crippen MR) is 142 cm³/mol. The van der Waals surface area contributed by atoms with E-state index in [0.717, 1.165) is 23.2 Å². The zero-order chi connectivity index (χ0) is 25.2. The second-order valence-corrected chi connectivity index (χ2v) is 9.13. The lowest BCUT2D eigenvalue weighted by atomic mass is 9.99. The summed E-state index contributed by atoms with van der Waals surface area (Å²) < 4.78 is 11.4. The number of likely N-dealkylation sites (N-methyl/N-ethyl adjacent to an activating group) is 1. The van der Waals surface area contributed by atoms with E-state index in [-0.39, 0.29) is 18.2 Å². The topological polar surface area (TPSA) is 64.6 Å². The molecule has 36 heavy (non-hydrogen) atoms. The van der Waals surface area contributed by atoms with E-state index < -0.39 is 0 Å². The van der Waals surface area contributed by atoms with Gasteiger partial charge in [0.2, 0.25) is 11.6 Å². The normalized spacial score (nSPS) is 12.7. The number of nitrogens with zero attached hydrogens (tertiary/aromatic N) is 3. The van der Waals surface area contributed by atoms with Crippen LogP contribution in [0.3, 0.4) is 0 Å². The van der Waals surface area contributed by atoms with Crippen LogP contribution in [0.2, 0.25) is 0 Å². The predicted octanol–water partition coefficient (Wildman–Crippen LogP) is 5.49. The third-order valence-corrected chi connectivity index (χ3v) is 6.36. The smallest absolute Gasteiger partial charge is 0.230 e. The summed E-state index contributed by atoms with van der Waals surface area (Å²) in [5, 5.41) is 0.786. The number of fused-ring (bicyclic) bond motifs is 2. The maximum Gasteiger partial charge on any atom is 0.230 e. The largest absolute Gasteiger partial charge is 0.490 e. The Kier molecular flexibility index (Phi) is 6.30. The molecule has 0 saturated carbocycles. The fraction of sp³-hybridized carbons (Fsp3) is 0.233. The quantitative estimate of drug-likeness (QED) is 0.270. The Morgan fingerprint density at radius 3 is 2.67 bits per heavy atom. The van der Waals surface area contributed by atoms with Gasteiger partial charge in [-0.2, -0.15) is 0 Å². The maximum absolute atomic E-state index is 13.6. The molecule has 0 radical (unpaired) electrons. The average molecular weight is 478 g/mol. The van der Waals surface area contributed by atoms with Crippen molar-refractivity contribution in [2.75, 3.05) is 31.7 Å². The SMILES string of the molecule is C#CCOc1ccc2nc(C(=O)c3ccc4c(c3)OCCN4C)nc(-c3ccc(C(C)C)cc3)c2c1. The van der Waals surface area contributed by atoms with Crippen molar-refractivity contribution < 1.29 is 14.3 Å². The fourth-order valence-electron chi connectivity index (χ4n) is 4.30. The van der Waals surface area contributed by atoms with Crippen LogP contribution in [0.25, 0.3) is 22.2 Å². The molecule has 6 nitrogen and oxygen atoms in total. The van der Waals surface area contributed by atoms with Crippen LogP contribution in [-0.2, 0) is 0 Å². The van der Waals surface area contributed by atoms with Gasteiger partial charge in [-0.05, 0) is 47.9 Å². The average Bonchev–Trinajstić information content (AvgIpc) is 2.90. The molecule has 0 aliphatic carbocycles. The van der Waals surface area contributed by atoms with Crippen LogP contribution in [0.1, 0.15) is 41.5 Å². The van der Waals surface area contributed by atoms with Crippen LogP contribution in [0.5, 0.6) is 11.5 Å². The van der Waals surface area contributed by atoms with Gasteiger partial charge < -0.3 is 14.4 Å². The summed E-state index contributed by atoms with van der Waals surface area (Å²) in [5.74, 6) is 4.08. The van der Waals surface area contributed by atoms with E-state index in [1.807, 2.05) is 37.4 Å². The van der Waals surface area contributed by atoms with Crippen molar-refractivity contribution in [1.29, 1.82) is 0 Å². The van der Waals surface area contributed by atoms with Crippen molar-refractivity contribution >= 4 is 22.4 Å². The summed E-state index contributed by atoms with van der Waals surface area (Å²) in [4.78, 5) is 25.0. The van der Waals surface area contributed by atoms with Gasteiger partial charge in [-0.15, -0.1) is 6.42 Å². The van der Waals surface area contributed by atoms with Crippen LogP contribution in [0, 0.1) is 12.3 Å². The minimum Gasteiger partial charge on any atom is -0.490 e. The Labute approximate surface area is 210 Å². The van der Waals surface area contributed by atoms with Crippen LogP contribution < -0.4 is 14.4 Å². The minimum atomic E-state index is -0.260. The highest BCUT2D eigenvalue weighted by Crippen LogP contribution is 2.33. The van der Waals surface area contributed by atoms with E-state index in [2.05, 4.69) is 41.8 Å². The molecule has 0 atom stereocenters. The van der Waals surface area contributed by atoms with Gasteiger partial charge in [0.1, 0.15) is 24.7 Å². The molecule has 0 saturated heterocycles. The molecule has 0 fully saturated rings. The van der Waals surface area contributed by atoms with Crippen molar-refractivity contribution in [2.45, 2.75) is 19.8 Å². The summed E-state index contributed by atoms with van der Waals surface area (Å²) in [6.45, 7) is 5.85. The van der Waals surface area contributed by atoms with Gasteiger partial charge in [-0.3, -0.25) is 4.79 Å². The Bertz CT molecular complexity index is 1490. The number of aromatic nitrogens is 2. The zero-order valence-electron chi connectivity index (χ0n) is 20.6. The van der Waals surface area contributed by atoms with Gasteiger partial charge >= 0.3 is 0 Å². The first-order chi connectivity index (χ1) is 17.4. The first kappa shape index (κ1) is 23.4. The molecule has 0 bridgehead atoms. The van der Waals surface area contributed by atoms with E-state index in [4.69, 9.17) is 20.9 Å². The molecule has 0 amide bonds. The third-order valence-electron chi connectivity index (χ3n) is 6.36. The lowest BCUT2D eigenvalue weighted by Crippen LogP contribution is -2.28. The second kappa shape index (κ2) is 9.71. The van der Waals surface area contributed by atoms with Crippen molar-refractivity contribution in [1.82, 2.24) is 9.97 Å². The lowest BCUT2D eigenvalue weighted by molar-refractivity contribution is 0.102. The summed E-state index contributed by atoms with van der Waals surface area (Å²) in [6, 6.07) is 19.2. The fourth-order valence-corrected chi connectivity index (χ4v) is 4.30. The first-order valence-electron chi connectivity index (χ1n) is 12.0. The summed E-state index contributed by atoms with van der Waals surface area (Å²) in [5.41, 5.74) is 4.88. The summed E-state index contributed by atoms with van der Waals surface area (Å²) >= 11 is 0. The number of anilines is 1.